The number of hydrogen-bond donors (Lipinski definition) is 1. The average Bonchev–Trinajstić information content (AvgIpc) is 2.93. The number of alkyl halides is 3. The summed E-state index contributed by atoms with van der Waals surface area (Å²) in [5.41, 5.74) is 1.12. The maximum atomic E-state index is 13.0. The second-order valence-corrected chi connectivity index (χ2v) is 4.96. The van der Waals surface area contributed by atoms with Crippen molar-refractivity contribution in [2.75, 3.05) is 0 Å². The molecule has 2 nitrogen and oxygen atoms in total. The Hall–Kier alpha value is -2.14. The third kappa shape index (κ3) is 2.56. The molecular weight excluding hydrogens is 279 g/mol. The molecule has 0 spiro atoms. The molecule has 5 heteroatoms. The summed E-state index contributed by atoms with van der Waals surface area (Å²) in [5.74, 6) is -0.599. The summed E-state index contributed by atoms with van der Waals surface area (Å²) < 4.78 is 38.9. The Morgan fingerprint density at radius 3 is 2.48 bits per heavy atom. The fourth-order valence-electron chi connectivity index (χ4n) is 2.52. The third-order valence-corrected chi connectivity index (χ3v) is 3.58. The Morgan fingerprint density at radius 1 is 1.00 bits per heavy atom. The van der Waals surface area contributed by atoms with Gasteiger partial charge in [-0.1, -0.05) is 30.3 Å². The minimum absolute atomic E-state index is 0.286. The van der Waals surface area contributed by atoms with Gasteiger partial charge in [0.25, 0.3) is 0 Å². The maximum Gasteiger partial charge on any atom is 0.417 e. The molecule has 3 rings (SSSR count). The molecule has 0 saturated carbocycles. The van der Waals surface area contributed by atoms with Crippen LogP contribution in [0, 0.1) is 0 Å². The molecule has 0 saturated heterocycles. The molecule has 1 aliphatic rings. The largest absolute Gasteiger partial charge is 0.417 e. The number of benzene rings is 2. The van der Waals surface area contributed by atoms with Crippen LogP contribution >= 0.6 is 0 Å². The average molecular weight is 291 g/mol. The minimum atomic E-state index is -4.54. The van der Waals surface area contributed by atoms with Crippen LogP contribution in [-0.4, -0.2) is 5.78 Å². The van der Waals surface area contributed by atoms with E-state index < -0.39 is 17.5 Å². The number of halogens is 3. The predicted molar refractivity (Wildman–Crippen MR) is 71.9 cm³/mol. The van der Waals surface area contributed by atoms with Crippen LogP contribution in [0.1, 0.15) is 32.6 Å². The van der Waals surface area contributed by atoms with Crippen molar-refractivity contribution in [2.24, 2.45) is 0 Å². The molecule has 2 aromatic carbocycles. The van der Waals surface area contributed by atoms with Gasteiger partial charge in [0.15, 0.2) is 5.78 Å². The van der Waals surface area contributed by atoms with Crippen molar-refractivity contribution in [2.45, 2.75) is 19.3 Å². The number of carbonyl (C=O) groups is 1. The summed E-state index contributed by atoms with van der Waals surface area (Å²) in [5, 5.41) is 3.14. The summed E-state index contributed by atoms with van der Waals surface area (Å²) in [6.45, 7) is 1.36. The summed E-state index contributed by atoms with van der Waals surface area (Å²) in [6, 6.07) is 9.92. The standard InChI is InChI=1S/C16H12F3NO/c17-16(18,19)14-4-2-1-3-13(14)15(21)10-5-6-11-8-20-9-12(11)7-10/h1-7,20H,8-9H2. The highest BCUT2D eigenvalue weighted by Gasteiger charge is 2.35. The summed E-state index contributed by atoms with van der Waals surface area (Å²) >= 11 is 0. The molecule has 0 amide bonds. The monoisotopic (exact) mass is 291 g/mol. The lowest BCUT2D eigenvalue weighted by Crippen LogP contribution is -2.13. The zero-order chi connectivity index (χ0) is 15.0. The summed E-state index contributed by atoms with van der Waals surface area (Å²) in [7, 11) is 0. The van der Waals surface area contributed by atoms with Crippen LogP contribution < -0.4 is 5.32 Å². The Balaban J connectivity index is 2.03. The van der Waals surface area contributed by atoms with Crippen molar-refractivity contribution in [3.63, 3.8) is 0 Å². The molecule has 0 unspecified atom stereocenters. The van der Waals surface area contributed by atoms with Crippen LogP contribution in [0.15, 0.2) is 42.5 Å². The molecule has 1 N–H and O–H groups in total. The van der Waals surface area contributed by atoms with Gasteiger partial charge in [-0.2, -0.15) is 13.2 Å². The number of hydrogen-bond acceptors (Lipinski definition) is 2. The molecule has 2 aromatic rings. The Bertz CT molecular complexity index is 707. The number of rotatable bonds is 2. The van der Waals surface area contributed by atoms with E-state index in [2.05, 4.69) is 5.32 Å². The van der Waals surface area contributed by atoms with Crippen molar-refractivity contribution in [3.8, 4) is 0 Å². The smallest absolute Gasteiger partial charge is 0.309 e. The molecule has 0 radical (unpaired) electrons. The molecule has 0 aromatic heterocycles. The van der Waals surface area contributed by atoms with Crippen LogP contribution in [0.5, 0.6) is 0 Å². The fourth-order valence-corrected chi connectivity index (χ4v) is 2.52. The van der Waals surface area contributed by atoms with E-state index >= 15 is 0 Å². The summed E-state index contributed by atoms with van der Waals surface area (Å²) in [4.78, 5) is 12.4. The van der Waals surface area contributed by atoms with Gasteiger partial charge in [0.05, 0.1) is 5.56 Å². The first-order valence-electron chi connectivity index (χ1n) is 6.50. The molecule has 0 aliphatic carbocycles. The van der Waals surface area contributed by atoms with Gasteiger partial charge in [-0.3, -0.25) is 4.79 Å². The third-order valence-electron chi connectivity index (χ3n) is 3.58. The van der Waals surface area contributed by atoms with Crippen LogP contribution in [0.2, 0.25) is 0 Å². The quantitative estimate of drug-likeness (QED) is 0.857. The second kappa shape index (κ2) is 5.00. The zero-order valence-corrected chi connectivity index (χ0v) is 11.0. The van der Waals surface area contributed by atoms with Crippen molar-refractivity contribution < 1.29 is 18.0 Å². The molecule has 0 bridgehead atoms. The predicted octanol–water partition coefficient (Wildman–Crippen LogP) is 3.54. The van der Waals surface area contributed by atoms with Crippen LogP contribution in [0.3, 0.4) is 0 Å². The number of carbonyl (C=O) groups excluding carboxylic acids is 1. The topological polar surface area (TPSA) is 29.1 Å². The van der Waals surface area contributed by atoms with E-state index in [1.165, 1.54) is 18.2 Å². The van der Waals surface area contributed by atoms with Gasteiger partial charge in [0.1, 0.15) is 0 Å². The van der Waals surface area contributed by atoms with Crippen molar-refractivity contribution in [1.29, 1.82) is 0 Å². The van der Waals surface area contributed by atoms with Gasteiger partial charge in [0.2, 0.25) is 0 Å². The van der Waals surface area contributed by atoms with E-state index in [4.69, 9.17) is 0 Å². The van der Waals surface area contributed by atoms with Crippen LogP contribution in [0.25, 0.3) is 0 Å². The molecular formula is C16H12F3NO. The normalized spacial score (nSPS) is 14.0. The van der Waals surface area contributed by atoms with Gasteiger partial charge in [-0.15, -0.1) is 0 Å². The lowest BCUT2D eigenvalue weighted by Gasteiger charge is -2.12. The van der Waals surface area contributed by atoms with Crippen molar-refractivity contribution in [3.05, 3.63) is 70.3 Å². The second-order valence-electron chi connectivity index (χ2n) is 4.96. The van der Waals surface area contributed by atoms with Crippen molar-refractivity contribution in [1.82, 2.24) is 5.32 Å². The first-order chi connectivity index (χ1) is 9.97. The number of nitrogens with one attached hydrogen (secondary N) is 1. The van der Waals surface area contributed by atoms with Crippen LogP contribution in [0.4, 0.5) is 13.2 Å². The Kier molecular flexibility index (Phi) is 3.29. The molecule has 21 heavy (non-hydrogen) atoms. The van der Waals surface area contributed by atoms with Gasteiger partial charge < -0.3 is 5.32 Å². The molecule has 1 aliphatic heterocycles. The van der Waals surface area contributed by atoms with Crippen molar-refractivity contribution >= 4 is 5.78 Å². The SMILES string of the molecule is O=C(c1ccc2c(c1)CNC2)c1ccccc1C(F)(F)F. The van der Waals surface area contributed by atoms with Gasteiger partial charge in [0, 0.05) is 24.2 Å². The van der Waals surface area contributed by atoms with E-state index in [-0.39, 0.29) is 11.1 Å². The maximum absolute atomic E-state index is 13.0. The highest BCUT2D eigenvalue weighted by molar-refractivity contribution is 6.10. The Morgan fingerprint density at radius 2 is 1.71 bits per heavy atom. The molecule has 1 heterocycles. The highest BCUT2D eigenvalue weighted by Crippen LogP contribution is 2.33. The number of ketones is 1. The molecule has 0 atom stereocenters. The summed E-state index contributed by atoms with van der Waals surface area (Å²) in [6.07, 6.45) is -4.54. The Labute approximate surface area is 119 Å². The van der Waals surface area contributed by atoms with Crippen LogP contribution in [-0.2, 0) is 19.3 Å². The first-order valence-corrected chi connectivity index (χ1v) is 6.50. The van der Waals surface area contributed by atoms with E-state index in [0.29, 0.717) is 6.54 Å². The van der Waals surface area contributed by atoms with E-state index in [1.54, 1.807) is 18.2 Å². The fraction of sp³-hybridized carbons (Fsp3) is 0.188. The van der Waals surface area contributed by atoms with Gasteiger partial charge in [-0.25, -0.2) is 0 Å². The van der Waals surface area contributed by atoms with E-state index in [1.807, 2.05) is 0 Å². The lowest BCUT2D eigenvalue weighted by atomic mass is 9.96. The van der Waals surface area contributed by atoms with Gasteiger partial charge >= 0.3 is 6.18 Å². The lowest BCUT2D eigenvalue weighted by molar-refractivity contribution is -0.137. The first kappa shape index (κ1) is 13.8. The minimum Gasteiger partial charge on any atom is -0.309 e. The molecule has 0 fully saturated rings. The van der Waals surface area contributed by atoms with E-state index in [9.17, 15) is 18.0 Å². The zero-order valence-electron chi connectivity index (χ0n) is 11.0. The highest BCUT2D eigenvalue weighted by atomic mass is 19.4. The van der Waals surface area contributed by atoms with Gasteiger partial charge in [-0.05, 0) is 23.3 Å². The van der Waals surface area contributed by atoms with E-state index in [0.717, 1.165) is 23.7 Å². The molecule has 108 valence electrons. The number of fused-ring (bicyclic) bond motifs is 1.